The lowest BCUT2D eigenvalue weighted by atomic mass is 9.85. The Bertz CT molecular complexity index is 721. The number of ether oxygens (including phenoxy) is 1. The van der Waals surface area contributed by atoms with Gasteiger partial charge in [-0.2, -0.15) is 0 Å². The quantitative estimate of drug-likeness (QED) is 0.798. The van der Waals surface area contributed by atoms with Crippen molar-refractivity contribution in [1.29, 1.82) is 0 Å². The molecule has 0 saturated carbocycles. The number of fused-ring (bicyclic) bond motifs is 5. The molecular weight excluding hydrogens is 254 g/mol. The number of benzene rings is 2. The van der Waals surface area contributed by atoms with Crippen LogP contribution in [0.1, 0.15) is 24.0 Å². The van der Waals surface area contributed by atoms with Crippen molar-refractivity contribution in [2.75, 3.05) is 0 Å². The molecule has 0 fully saturated rings. The Balaban J connectivity index is 2.02. The number of hydrogen-bond acceptors (Lipinski definition) is 4. The topological polar surface area (TPSA) is 51.0 Å². The van der Waals surface area contributed by atoms with Gasteiger partial charge in [-0.1, -0.05) is 35.5 Å². The molecule has 2 aromatic rings. The van der Waals surface area contributed by atoms with Crippen LogP contribution in [0.3, 0.4) is 0 Å². The molecule has 4 nitrogen and oxygen atoms in total. The molecule has 2 aliphatic heterocycles. The number of hydrogen-bond donors (Lipinski definition) is 1. The summed E-state index contributed by atoms with van der Waals surface area (Å²) in [5, 5.41) is 14.6. The zero-order chi connectivity index (χ0) is 13.7. The lowest BCUT2D eigenvalue weighted by molar-refractivity contribution is -0.179. The number of rotatable bonds is 0. The van der Waals surface area contributed by atoms with Gasteiger partial charge in [-0.25, -0.2) is 0 Å². The van der Waals surface area contributed by atoms with Gasteiger partial charge >= 0.3 is 0 Å². The molecule has 2 aromatic carbocycles. The Morgan fingerprint density at radius 3 is 2.60 bits per heavy atom. The molecular formula is C16H13NO3. The lowest BCUT2D eigenvalue weighted by Crippen LogP contribution is -2.33. The molecule has 2 atom stereocenters. The van der Waals surface area contributed by atoms with Crippen molar-refractivity contribution in [1.82, 2.24) is 0 Å². The van der Waals surface area contributed by atoms with Crippen LogP contribution in [0, 0.1) is 0 Å². The SMILES string of the molecule is CC1(O)ON=C2c3ccccc3Oc3ccccc3C21. The number of nitrogens with zero attached hydrogens (tertiary/aromatic N) is 1. The summed E-state index contributed by atoms with van der Waals surface area (Å²) < 4.78 is 5.98. The molecule has 0 saturated heterocycles. The summed E-state index contributed by atoms with van der Waals surface area (Å²) in [5.74, 6) is -0.280. The second-order valence-corrected chi connectivity index (χ2v) is 5.19. The molecule has 100 valence electrons. The van der Waals surface area contributed by atoms with Crippen molar-refractivity contribution in [3.05, 3.63) is 59.7 Å². The second kappa shape index (κ2) is 3.84. The molecule has 0 spiro atoms. The van der Waals surface area contributed by atoms with Gasteiger partial charge in [0, 0.05) is 18.1 Å². The maximum Gasteiger partial charge on any atom is 0.244 e. The zero-order valence-electron chi connectivity index (χ0n) is 10.9. The third kappa shape index (κ3) is 1.48. The molecule has 4 heteroatoms. The molecule has 2 heterocycles. The molecule has 2 unspecified atom stereocenters. The highest BCUT2D eigenvalue weighted by atomic mass is 16.7. The van der Waals surface area contributed by atoms with E-state index in [4.69, 9.17) is 9.57 Å². The average molecular weight is 267 g/mol. The average Bonchev–Trinajstić information content (AvgIpc) is 2.67. The predicted molar refractivity (Wildman–Crippen MR) is 73.9 cm³/mol. The number of para-hydroxylation sites is 2. The van der Waals surface area contributed by atoms with Crippen molar-refractivity contribution in [2.24, 2.45) is 5.16 Å². The standard InChI is InChI=1S/C16H13NO3/c1-16(18)14-10-6-2-4-8-12(10)19-13-9-5-3-7-11(13)15(14)17-20-16/h2-9,14,18H,1H3. The van der Waals surface area contributed by atoms with Crippen LogP contribution in [0.15, 0.2) is 53.7 Å². The first-order valence-electron chi connectivity index (χ1n) is 6.51. The van der Waals surface area contributed by atoms with Gasteiger partial charge in [-0.05, 0) is 18.2 Å². The monoisotopic (exact) mass is 267 g/mol. The van der Waals surface area contributed by atoms with E-state index in [1.165, 1.54) is 0 Å². The minimum atomic E-state index is -1.37. The van der Waals surface area contributed by atoms with Crippen LogP contribution < -0.4 is 4.74 Å². The molecule has 0 aliphatic carbocycles. The van der Waals surface area contributed by atoms with E-state index in [0.29, 0.717) is 5.71 Å². The lowest BCUT2D eigenvalue weighted by Gasteiger charge is -2.23. The summed E-state index contributed by atoms with van der Waals surface area (Å²) in [5.41, 5.74) is 2.44. The Morgan fingerprint density at radius 2 is 1.75 bits per heavy atom. The van der Waals surface area contributed by atoms with Gasteiger partial charge < -0.3 is 14.7 Å². The van der Waals surface area contributed by atoms with E-state index >= 15 is 0 Å². The van der Waals surface area contributed by atoms with Crippen LogP contribution in [0.5, 0.6) is 11.5 Å². The summed E-state index contributed by atoms with van der Waals surface area (Å²) >= 11 is 0. The molecule has 0 radical (unpaired) electrons. The molecule has 20 heavy (non-hydrogen) atoms. The van der Waals surface area contributed by atoms with E-state index in [2.05, 4.69) is 5.16 Å². The first-order valence-corrected chi connectivity index (χ1v) is 6.51. The molecule has 0 bridgehead atoms. The highest BCUT2D eigenvalue weighted by molar-refractivity contribution is 6.09. The van der Waals surface area contributed by atoms with Gasteiger partial charge in [-0.3, -0.25) is 0 Å². The van der Waals surface area contributed by atoms with E-state index in [-0.39, 0.29) is 5.92 Å². The Hall–Kier alpha value is -2.33. The number of aliphatic hydroxyl groups is 1. The molecule has 4 rings (SSSR count). The van der Waals surface area contributed by atoms with Crippen molar-refractivity contribution in [3.63, 3.8) is 0 Å². The van der Waals surface area contributed by atoms with Gasteiger partial charge in [-0.15, -0.1) is 0 Å². The van der Waals surface area contributed by atoms with Crippen LogP contribution in [0.2, 0.25) is 0 Å². The first-order chi connectivity index (χ1) is 9.67. The Kier molecular flexibility index (Phi) is 2.20. The molecule has 2 aliphatic rings. The Morgan fingerprint density at radius 1 is 1.05 bits per heavy atom. The van der Waals surface area contributed by atoms with Gasteiger partial charge in [0.2, 0.25) is 5.79 Å². The van der Waals surface area contributed by atoms with Crippen molar-refractivity contribution in [3.8, 4) is 11.5 Å². The minimum absolute atomic E-state index is 0.359. The largest absolute Gasteiger partial charge is 0.456 e. The van der Waals surface area contributed by atoms with Gasteiger partial charge in [0.25, 0.3) is 0 Å². The first kappa shape index (κ1) is 11.5. The van der Waals surface area contributed by atoms with Crippen LogP contribution >= 0.6 is 0 Å². The summed E-state index contributed by atoms with van der Waals surface area (Å²) in [7, 11) is 0. The minimum Gasteiger partial charge on any atom is -0.456 e. The Labute approximate surface area is 116 Å². The zero-order valence-corrected chi connectivity index (χ0v) is 10.9. The molecule has 1 N–H and O–H groups in total. The van der Waals surface area contributed by atoms with Gasteiger partial charge in [0.15, 0.2) is 0 Å². The van der Waals surface area contributed by atoms with Crippen LogP contribution in [0.25, 0.3) is 0 Å². The molecule has 0 aromatic heterocycles. The predicted octanol–water partition coefficient (Wildman–Crippen LogP) is 3.02. The van der Waals surface area contributed by atoms with Crippen LogP contribution in [-0.2, 0) is 4.84 Å². The fourth-order valence-corrected chi connectivity index (χ4v) is 2.84. The smallest absolute Gasteiger partial charge is 0.244 e. The molecule has 0 amide bonds. The fraction of sp³-hybridized carbons (Fsp3) is 0.188. The van der Waals surface area contributed by atoms with Gasteiger partial charge in [0.1, 0.15) is 23.1 Å². The van der Waals surface area contributed by atoms with E-state index in [9.17, 15) is 5.11 Å². The summed E-state index contributed by atoms with van der Waals surface area (Å²) in [6.07, 6.45) is 0. The van der Waals surface area contributed by atoms with E-state index in [1.54, 1.807) is 6.92 Å². The van der Waals surface area contributed by atoms with Crippen molar-refractivity contribution in [2.45, 2.75) is 18.6 Å². The normalized spacial score (nSPS) is 26.3. The highest BCUT2D eigenvalue weighted by Crippen LogP contribution is 2.47. The van der Waals surface area contributed by atoms with E-state index in [1.807, 2.05) is 48.5 Å². The van der Waals surface area contributed by atoms with Crippen molar-refractivity contribution < 1.29 is 14.7 Å². The summed E-state index contributed by atoms with van der Waals surface area (Å²) in [6.45, 7) is 1.62. The second-order valence-electron chi connectivity index (χ2n) is 5.19. The van der Waals surface area contributed by atoms with Crippen LogP contribution in [0.4, 0.5) is 0 Å². The van der Waals surface area contributed by atoms with E-state index in [0.717, 1.165) is 22.6 Å². The fourth-order valence-electron chi connectivity index (χ4n) is 2.84. The third-order valence-electron chi connectivity index (χ3n) is 3.75. The summed E-state index contributed by atoms with van der Waals surface area (Å²) in [6, 6.07) is 15.3. The summed E-state index contributed by atoms with van der Waals surface area (Å²) in [4.78, 5) is 5.24. The van der Waals surface area contributed by atoms with Crippen molar-refractivity contribution >= 4 is 5.71 Å². The van der Waals surface area contributed by atoms with Crippen LogP contribution in [-0.4, -0.2) is 16.6 Å². The highest BCUT2D eigenvalue weighted by Gasteiger charge is 2.48. The maximum atomic E-state index is 10.5. The van der Waals surface area contributed by atoms with Gasteiger partial charge in [0.05, 0.1) is 0 Å². The van der Waals surface area contributed by atoms with E-state index < -0.39 is 5.79 Å². The number of oxime groups is 1. The maximum absolute atomic E-state index is 10.5. The third-order valence-corrected chi connectivity index (χ3v) is 3.75.